The maximum absolute atomic E-state index is 13.0. The number of nitrogens with one attached hydrogen (secondary N) is 2. The number of carbonyl (C=O) groups is 4. The number of pyridine rings is 1. The van der Waals surface area contributed by atoms with E-state index in [1.165, 1.54) is 0 Å². The number of ketones is 2. The van der Waals surface area contributed by atoms with E-state index in [-0.39, 0.29) is 36.2 Å². The van der Waals surface area contributed by atoms with Crippen molar-refractivity contribution in [2.45, 2.75) is 77.3 Å². The summed E-state index contributed by atoms with van der Waals surface area (Å²) in [5.74, 6) is -0.268. The van der Waals surface area contributed by atoms with E-state index in [1.54, 1.807) is 18.3 Å². The number of rotatable bonds is 16. The minimum Gasteiger partial charge on any atom is -0.350 e. The average Bonchev–Trinajstić information content (AvgIpc) is 2.95. The third-order valence-electron chi connectivity index (χ3n) is 6.51. The van der Waals surface area contributed by atoms with E-state index >= 15 is 0 Å². The molecule has 200 valence electrons. The van der Waals surface area contributed by atoms with Crippen LogP contribution < -0.4 is 10.6 Å². The van der Waals surface area contributed by atoms with Crippen LogP contribution in [0.5, 0.6) is 0 Å². The van der Waals surface area contributed by atoms with Gasteiger partial charge in [-0.25, -0.2) is 0 Å². The summed E-state index contributed by atoms with van der Waals surface area (Å²) >= 11 is 0. The summed E-state index contributed by atoms with van der Waals surface area (Å²) < 4.78 is 0. The van der Waals surface area contributed by atoms with Crippen LogP contribution in [0.4, 0.5) is 0 Å². The Kier molecular flexibility index (Phi) is 11.6. The van der Waals surface area contributed by atoms with Gasteiger partial charge in [0.05, 0.1) is 5.52 Å². The molecule has 2 amide bonds. The third kappa shape index (κ3) is 9.54. The van der Waals surface area contributed by atoms with Crippen molar-refractivity contribution in [3.05, 3.63) is 78.0 Å². The molecule has 0 saturated heterocycles. The number of nitrogens with zero attached hydrogens (tertiary/aromatic N) is 1. The average molecular weight is 516 g/mol. The zero-order valence-corrected chi connectivity index (χ0v) is 22.1. The predicted octanol–water partition coefficient (Wildman–Crippen LogP) is 5.32. The van der Waals surface area contributed by atoms with Crippen LogP contribution >= 0.6 is 0 Å². The van der Waals surface area contributed by atoms with Crippen molar-refractivity contribution < 1.29 is 19.2 Å². The molecule has 0 aliphatic carbocycles. The lowest BCUT2D eigenvalue weighted by Crippen LogP contribution is -2.46. The fraction of sp³-hybridized carbons (Fsp3) is 0.387. The first-order valence-electron chi connectivity index (χ1n) is 13.5. The van der Waals surface area contributed by atoms with E-state index in [9.17, 15) is 19.2 Å². The molecule has 2 aromatic carbocycles. The highest BCUT2D eigenvalue weighted by Gasteiger charge is 2.20. The van der Waals surface area contributed by atoms with Gasteiger partial charge in [-0.15, -0.1) is 0 Å². The molecule has 0 radical (unpaired) electrons. The van der Waals surface area contributed by atoms with Crippen LogP contribution in [0.15, 0.2) is 66.9 Å². The van der Waals surface area contributed by atoms with E-state index in [2.05, 4.69) is 15.6 Å². The summed E-state index contributed by atoms with van der Waals surface area (Å²) in [7, 11) is 0. The van der Waals surface area contributed by atoms with Gasteiger partial charge in [-0.1, -0.05) is 68.3 Å². The van der Waals surface area contributed by atoms with E-state index in [4.69, 9.17) is 0 Å². The van der Waals surface area contributed by atoms with Crippen molar-refractivity contribution in [3.8, 4) is 0 Å². The Morgan fingerprint density at radius 3 is 2.39 bits per heavy atom. The minimum absolute atomic E-state index is 0.00156. The maximum Gasteiger partial charge on any atom is 0.242 e. The van der Waals surface area contributed by atoms with E-state index in [1.807, 2.05) is 55.5 Å². The lowest BCUT2D eigenvalue weighted by atomic mass is 10.0. The normalized spacial score (nSPS) is 11.6. The summed E-state index contributed by atoms with van der Waals surface area (Å²) in [5, 5.41) is 6.79. The molecule has 7 nitrogen and oxygen atoms in total. The number of Topliss-reactive ketones (excluding diaryl/α,β-unsaturated/α-hetero) is 2. The summed E-state index contributed by atoms with van der Waals surface area (Å²) in [6, 6.07) is 18.1. The number of hydrogen-bond donors (Lipinski definition) is 2. The van der Waals surface area contributed by atoms with Crippen molar-refractivity contribution in [1.82, 2.24) is 15.6 Å². The Morgan fingerprint density at radius 2 is 1.61 bits per heavy atom. The largest absolute Gasteiger partial charge is 0.350 e. The molecule has 3 rings (SSSR count). The topological polar surface area (TPSA) is 105 Å². The SMILES string of the molecule is CCC(=O)CCCCC[C@H](NC(=O)CCCC(=O)c1ccccc1)C(=O)NCc1cnc2ccccc2c1. The zero-order valence-electron chi connectivity index (χ0n) is 22.1. The van der Waals surface area contributed by atoms with Gasteiger partial charge in [0.15, 0.2) is 5.78 Å². The molecule has 0 aliphatic heterocycles. The second-order valence-corrected chi connectivity index (χ2v) is 9.51. The Hall–Kier alpha value is -3.87. The van der Waals surface area contributed by atoms with Crippen molar-refractivity contribution in [2.24, 2.45) is 0 Å². The van der Waals surface area contributed by atoms with Crippen molar-refractivity contribution in [3.63, 3.8) is 0 Å². The second-order valence-electron chi connectivity index (χ2n) is 9.51. The molecule has 0 bridgehead atoms. The summed E-state index contributed by atoms with van der Waals surface area (Å²) in [5.41, 5.74) is 2.40. The quantitative estimate of drug-likeness (QED) is 0.198. The lowest BCUT2D eigenvalue weighted by Gasteiger charge is -2.19. The van der Waals surface area contributed by atoms with Gasteiger partial charge in [-0.3, -0.25) is 24.2 Å². The van der Waals surface area contributed by atoms with Crippen LogP contribution in [0.1, 0.15) is 80.6 Å². The number of unbranched alkanes of at least 4 members (excludes halogenated alkanes) is 2. The second kappa shape index (κ2) is 15.4. The summed E-state index contributed by atoms with van der Waals surface area (Å²) in [6.07, 6.45) is 6.47. The molecule has 0 fully saturated rings. The number of fused-ring (bicyclic) bond motifs is 1. The monoisotopic (exact) mass is 515 g/mol. The molecule has 0 unspecified atom stereocenters. The summed E-state index contributed by atoms with van der Waals surface area (Å²) in [6.45, 7) is 2.16. The van der Waals surface area contributed by atoms with Gasteiger partial charge < -0.3 is 10.6 Å². The Bertz CT molecular complexity index is 1230. The molecule has 7 heteroatoms. The fourth-order valence-corrected chi connectivity index (χ4v) is 4.26. The number of carbonyl (C=O) groups excluding carboxylic acids is 4. The first-order valence-corrected chi connectivity index (χ1v) is 13.5. The Labute approximate surface area is 224 Å². The lowest BCUT2D eigenvalue weighted by molar-refractivity contribution is -0.129. The highest BCUT2D eigenvalue weighted by molar-refractivity contribution is 5.96. The van der Waals surface area contributed by atoms with Gasteiger partial charge in [-0.2, -0.15) is 0 Å². The molecule has 1 heterocycles. The van der Waals surface area contributed by atoms with Crippen LogP contribution in [0.3, 0.4) is 0 Å². The molecular weight excluding hydrogens is 478 g/mol. The molecule has 0 spiro atoms. The van der Waals surface area contributed by atoms with Gasteiger partial charge in [0.1, 0.15) is 11.8 Å². The van der Waals surface area contributed by atoms with Gasteiger partial charge in [0.25, 0.3) is 0 Å². The Morgan fingerprint density at radius 1 is 0.842 bits per heavy atom. The molecular formula is C31H37N3O4. The molecule has 0 aliphatic rings. The highest BCUT2D eigenvalue weighted by Crippen LogP contribution is 2.13. The van der Waals surface area contributed by atoms with Crippen LogP contribution in [-0.2, 0) is 20.9 Å². The van der Waals surface area contributed by atoms with Gasteiger partial charge in [0, 0.05) is 49.4 Å². The number of para-hydroxylation sites is 1. The molecule has 1 aromatic heterocycles. The first kappa shape index (κ1) is 28.7. The van der Waals surface area contributed by atoms with Crippen molar-refractivity contribution >= 4 is 34.3 Å². The molecule has 2 N–H and O–H groups in total. The van der Waals surface area contributed by atoms with Crippen LogP contribution in [-0.4, -0.2) is 34.4 Å². The van der Waals surface area contributed by atoms with Crippen molar-refractivity contribution in [2.75, 3.05) is 0 Å². The molecule has 38 heavy (non-hydrogen) atoms. The number of aromatic nitrogens is 1. The van der Waals surface area contributed by atoms with Gasteiger partial charge >= 0.3 is 0 Å². The smallest absolute Gasteiger partial charge is 0.242 e. The van der Waals surface area contributed by atoms with Crippen LogP contribution in [0.2, 0.25) is 0 Å². The van der Waals surface area contributed by atoms with Gasteiger partial charge in [0.2, 0.25) is 11.8 Å². The van der Waals surface area contributed by atoms with Crippen LogP contribution in [0, 0.1) is 0 Å². The maximum atomic E-state index is 13.0. The first-order chi connectivity index (χ1) is 18.5. The van der Waals surface area contributed by atoms with Crippen LogP contribution in [0.25, 0.3) is 10.9 Å². The zero-order chi connectivity index (χ0) is 27.2. The molecule has 0 saturated carbocycles. The van der Waals surface area contributed by atoms with E-state index in [0.717, 1.165) is 35.7 Å². The number of benzene rings is 2. The summed E-state index contributed by atoms with van der Waals surface area (Å²) in [4.78, 5) is 54.0. The standard InChI is InChI=1S/C31H37N3O4/c1-2-26(35)15-7-4-8-17-28(34-30(37)19-11-18-29(36)24-12-5-3-6-13-24)31(38)33-22-23-20-25-14-9-10-16-27(25)32-21-23/h3,5-6,9-10,12-14,16,20-21,28H,2,4,7-8,11,15,17-19,22H2,1H3,(H,33,38)(H,34,37)/t28-/m0/s1. The van der Waals surface area contributed by atoms with E-state index < -0.39 is 6.04 Å². The predicted molar refractivity (Wildman–Crippen MR) is 149 cm³/mol. The van der Waals surface area contributed by atoms with Gasteiger partial charge in [-0.05, 0) is 37.0 Å². The molecule has 1 atom stereocenters. The molecule has 3 aromatic rings. The highest BCUT2D eigenvalue weighted by atomic mass is 16.2. The number of amides is 2. The third-order valence-corrected chi connectivity index (χ3v) is 6.51. The Balaban J connectivity index is 1.51. The fourth-order valence-electron chi connectivity index (χ4n) is 4.26. The van der Waals surface area contributed by atoms with E-state index in [0.29, 0.717) is 37.8 Å². The van der Waals surface area contributed by atoms with Crippen molar-refractivity contribution in [1.29, 1.82) is 0 Å². The minimum atomic E-state index is -0.678. The number of hydrogen-bond acceptors (Lipinski definition) is 5.